The molecule has 0 saturated carbocycles. The predicted molar refractivity (Wildman–Crippen MR) is 148 cm³/mol. The molecule has 0 bridgehead atoms. The van der Waals surface area contributed by atoms with Gasteiger partial charge in [0.25, 0.3) is 11.8 Å². The number of hydrogen-bond donors (Lipinski definition) is 2. The number of nitrogens with one attached hydrogen (secondary N) is 1. The minimum absolute atomic E-state index is 0.0361. The summed E-state index contributed by atoms with van der Waals surface area (Å²) in [6.07, 6.45) is 0.956. The molecule has 2 aromatic rings. The van der Waals surface area contributed by atoms with E-state index in [1.165, 1.54) is 29.2 Å². The van der Waals surface area contributed by atoms with E-state index in [9.17, 15) is 23.9 Å². The molecule has 3 aliphatic heterocycles. The highest BCUT2D eigenvalue weighted by Crippen LogP contribution is 2.42. The number of aliphatic hydroxyl groups is 1. The summed E-state index contributed by atoms with van der Waals surface area (Å²) in [7, 11) is 0. The van der Waals surface area contributed by atoms with Crippen LogP contribution < -0.4 is 5.32 Å². The number of nitrogens with zero attached hydrogens (tertiary/aromatic N) is 3. The van der Waals surface area contributed by atoms with Gasteiger partial charge in [0.2, 0.25) is 5.91 Å². The van der Waals surface area contributed by atoms with Gasteiger partial charge in [-0.15, -0.1) is 0 Å². The fraction of sp³-hybridized carbons (Fsp3) is 0.345. The Morgan fingerprint density at radius 2 is 1.95 bits per heavy atom. The number of amides is 3. The number of fused-ring (bicyclic) bond motifs is 1. The van der Waals surface area contributed by atoms with Gasteiger partial charge in [0.1, 0.15) is 23.8 Å². The number of benzene rings is 2. The highest BCUT2D eigenvalue weighted by atomic mass is 79.9. The quantitative estimate of drug-likeness (QED) is 0.380. The molecule has 3 aliphatic rings. The molecule has 2 aromatic carbocycles. The van der Waals surface area contributed by atoms with Gasteiger partial charge in [-0.2, -0.15) is 0 Å². The molecule has 0 aromatic heterocycles. The maximum atomic E-state index is 15.3. The topological polar surface area (TPSA) is 102 Å². The van der Waals surface area contributed by atoms with Gasteiger partial charge < -0.3 is 20.1 Å². The van der Waals surface area contributed by atoms with Crippen molar-refractivity contribution in [2.75, 3.05) is 38.2 Å². The SMILES string of the molecule is C[C@]12CCCN1N(Cc1ccc(C#CCN3CCOCC3=O)c(F)c1F)C(=O)C(C(=O)Nc1ccc(Br)c(F)c1)=C2O. The average Bonchev–Trinajstić information content (AvgIpc) is 3.36. The third kappa shape index (κ3) is 5.49. The number of hydrogen-bond acceptors (Lipinski definition) is 6. The second-order valence-corrected chi connectivity index (χ2v) is 11.1. The molecule has 0 unspecified atom stereocenters. The standard InChI is InChI=1S/C29H26BrF3N4O5/c1-29-9-3-11-37(29)36(28(41)23(26(29)39)27(40)34-19-7-8-20(30)21(31)14-19)15-18-6-5-17(24(32)25(18)33)4-2-10-35-12-13-42-16-22(35)38/h5-8,14,39H,3,9-13,15-16H2,1H3,(H,34,40)/t29-/m1/s1. The van der Waals surface area contributed by atoms with Crippen molar-refractivity contribution in [3.05, 3.63) is 74.7 Å². The van der Waals surface area contributed by atoms with Crippen molar-refractivity contribution in [2.24, 2.45) is 0 Å². The fourth-order valence-corrected chi connectivity index (χ4v) is 5.48. The lowest BCUT2D eigenvalue weighted by atomic mass is 9.90. The Morgan fingerprint density at radius 1 is 1.17 bits per heavy atom. The zero-order chi connectivity index (χ0) is 30.2. The van der Waals surface area contributed by atoms with E-state index in [4.69, 9.17) is 4.74 Å². The van der Waals surface area contributed by atoms with Crippen LogP contribution in [0.15, 0.2) is 46.1 Å². The second-order valence-electron chi connectivity index (χ2n) is 10.2. The third-order valence-electron chi connectivity index (χ3n) is 7.55. The van der Waals surface area contributed by atoms with Crippen LogP contribution in [0.1, 0.15) is 30.9 Å². The molecular formula is C29H26BrF3N4O5. The molecule has 3 heterocycles. The lowest BCUT2D eigenvalue weighted by Crippen LogP contribution is -2.60. The van der Waals surface area contributed by atoms with Gasteiger partial charge >= 0.3 is 0 Å². The molecule has 1 atom stereocenters. The van der Waals surface area contributed by atoms with E-state index in [2.05, 4.69) is 33.1 Å². The van der Waals surface area contributed by atoms with Crippen LogP contribution in [-0.2, 0) is 25.7 Å². The van der Waals surface area contributed by atoms with E-state index in [-0.39, 0.29) is 40.3 Å². The maximum Gasteiger partial charge on any atom is 0.277 e. The van der Waals surface area contributed by atoms with E-state index < -0.39 is 52.7 Å². The number of anilines is 1. The van der Waals surface area contributed by atoms with Gasteiger partial charge in [0, 0.05) is 24.3 Å². The normalized spacial score (nSPS) is 20.9. The smallest absolute Gasteiger partial charge is 0.277 e. The number of aliphatic hydroxyl groups excluding tert-OH is 1. The van der Waals surface area contributed by atoms with Crippen molar-refractivity contribution in [1.82, 2.24) is 14.9 Å². The van der Waals surface area contributed by atoms with E-state index >= 15 is 8.78 Å². The first kappa shape index (κ1) is 29.6. The number of rotatable bonds is 5. The number of ether oxygens (including phenoxy) is 1. The Hall–Kier alpha value is -3.86. The highest BCUT2D eigenvalue weighted by Gasteiger charge is 2.52. The van der Waals surface area contributed by atoms with E-state index in [0.29, 0.717) is 32.5 Å². The van der Waals surface area contributed by atoms with Gasteiger partial charge in [-0.05, 0) is 60.0 Å². The van der Waals surface area contributed by atoms with Crippen LogP contribution >= 0.6 is 15.9 Å². The number of halogens is 4. The van der Waals surface area contributed by atoms with Crippen molar-refractivity contribution in [2.45, 2.75) is 31.8 Å². The molecule has 0 radical (unpaired) electrons. The minimum atomic E-state index is -1.21. The first-order valence-corrected chi connectivity index (χ1v) is 13.9. The van der Waals surface area contributed by atoms with Gasteiger partial charge in [-0.1, -0.05) is 17.9 Å². The van der Waals surface area contributed by atoms with Crippen molar-refractivity contribution >= 4 is 39.3 Å². The summed E-state index contributed by atoms with van der Waals surface area (Å²) in [6, 6.07) is 6.42. The highest BCUT2D eigenvalue weighted by molar-refractivity contribution is 9.10. The summed E-state index contributed by atoms with van der Waals surface area (Å²) in [5.74, 6) is -0.415. The van der Waals surface area contributed by atoms with E-state index in [1.54, 1.807) is 11.9 Å². The van der Waals surface area contributed by atoms with E-state index in [1.807, 2.05) is 0 Å². The Balaban J connectivity index is 1.39. The summed E-state index contributed by atoms with van der Waals surface area (Å²) >= 11 is 3.03. The lowest BCUT2D eigenvalue weighted by Gasteiger charge is -2.46. The maximum absolute atomic E-state index is 15.3. The van der Waals surface area contributed by atoms with Gasteiger partial charge in [0.15, 0.2) is 11.6 Å². The average molecular weight is 647 g/mol. The summed E-state index contributed by atoms with van der Waals surface area (Å²) < 4.78 is 49.5. The van der Waals surface area contributed by atoms with Gasteiger partial charge in [0.05, 0.1) is 35.3 Å². The Bertz CT molecular complexity index is 1570. The van der Waals surface area contributed by atoms with Crippen LogP contribution in [0.2, 0.25) is 0 Å². The van der Waals surface area contributed by atoms with Crippen LogP contribution in [0.25, 0.3) is 0 Å². The number of hydrazine groups is 1. The van der Waals surface area contributed by atoms with Gasteiger partial charge in [-0.25, -0.2) is 18.2 Å². The number of carbonyl (C=O) groups excluding carboxylic acids is 3. The largest absolute Gasteiger partial charge is 0.509 e. The number of carbonyl (C=O) groups is 3. The molecule has 5 rings (SSSR count). The molecule has 3 amide bonds. The van der Waals surface area contributed by atoms with Crippen molar-refractivity contribution in [3.8, 4) is 11.8 Å². The zero-order valence-corrected chi connectivity index (χ0v) is 24.1. The molecule has 2 N–H and O–H groups in total. The molecule has 2 fully saturated rings. The minimum Gasteiger partial charge on any atom is -0.509 e. The Labute approximate surface area is 248 Å². The molecule has 2 saturated heterocycles. The summed E-state index contributed by atoms with van der Waals surface area (Å²) in [5, 5.41) is 16.2. The first-order chi connectivity index (χ1) is 20.0. The van der Waals surface area contributed by atoms with Gasteiger partial charge in [-0.3, -0.25) is 19.4 Å². The predicted octanol–water partition coefficient (Wildman–Crippen LogP) is 3.64. The third-order valence-corrected chi connectivity index (χ3v) is 8.20. The second kappa shape index (κ2) is 11.8. The number of morpholine rings is 1. The monoisotopic (exact) mass is 646 g/mol. The molecule has 220 valence electrons. The molecular weight excluding hydrogens is 621 g/mol. The summed E-state index contributed by atoms with van der Waals surface area (Å²) in [4.78, 5) is 40.1. The first-order valence-electron chi connectivity index (χ1n) is 13.1. The molecule has 0 aliphatic carbocycles. The van der Waals surface area contributed by atoms with Crippen LogP contribution in [0.5, 0.6) is 0 Å². The van der Waals surface area contributed by atoms with Crippen LogP contribution in [0.4, 0.5) is 18.9 Å². The fourth-order valence-electron chi connectivity index (χ4n) is 5.23. The van der Waals surface area contributed by atoms with Crippen molar-refractivity contribution < 1.29 is 37.4 Å². The summed E-state index contributed by atoms with van der Waals surface area (Å²) in [5.41, 5.74) is -2.04. The Kier molecular flexibility index (Phi) is 8.32. The van der Waals surface area contributed by atoms with Crippen LogP contribution in [0.3, 0.4) is 0 Å². The van der Waals surface area contributed by atoms with Crippen LogP contribution in [-0.4, -0.2) is 76.1 Å². The molecule has 0 spiro atoms. The van der Waals surface area contributed by atoms with Crippen molar-refractivity contribution in [3.63, 3.8) is 0 Å². The van der Waals surface area contributed by atoms with Crippen LogP contribution in [0, 0.1) is 29.3 Å². The Morgan fingerprint density at radius 3 is 2.69 bits per heavy atom. The van der Waals surface area contributed by atoms with Crippen molar-refractivity contribution in [1.29, 1.82) is 0 Å². The zero-order valence-electron chi connectivity index (χ0n) is 22.5. The lowest BCUT2D eigenvalue weighted by molar-refractivity contribution is -0.160. The van der Waals surface area contributed by atoms with E-state index in [0.717, 1.165) is 11.1 Å². The summed E-state index contributed by atoms with van der Waals surface area (Å²) in [6.45, 7) is 2.26. The molecule has 13 heteroatoms. The molecule has 42 heavy (non-hydrogen) atoms. The molecule has 9 nitrogen and oxygen atoms in total.